The fourth-order valence-corrected chi connectivity index (χ4v) is 2.62. The molecule has 2 aliphatic heterocycles. The molecule has 2 saturated heterocycles. The second-order valence-corrected chi connectivity index (χ2v) is 5.21. The smallest absolute Gasteiger partial charge is 0.276 e. The first kappa shape index (κ1) is 13.2. The van der Waals surface area contributed by atoms with Crippen molar-refractivity contribution in [3.8, 4) is 0 Å². The zero-order chi connectivity index (χ0) is 13.9. The van der Waals surface area contributed by atoms with E-state index >= 15 is 0 Å². The second-order valence-electron chi connectivity index (χ2n) is 4.83. The van der Waals surface area contributed by atoms with E-state index in [-0.39, 0.29) is 12.0 Å². The summed E-state index contributed by atoms with van der Waals surface area (Å²) < 4.78 is 5.55. The SMILES string of the molecule is O=C1/C(=C/c2cccnc2)NC(=S)N1C[C@H]1CCCO1. The highest BCUT2D eigenvalue weighted by Crippen LogP contribution is 2.18. The Kier molecular flexibility index (Phi) is 3.75. The highest BCUT2D eigenvalue weighted by Gasteiger charge is 2.33. The Bertz CT molecular complexity index is 553. The molecule has 1 aromatic heterocycles. The topological polar surface area (TPSA) is 54.5 Å². The van der Waals surface area contributed by atoms with Crippen LogP contribution in [0, 0.1) is 0 Å². The number of carbonyl (C=O) groups excluding carboxylic acids is 1. The van der Waals surface area contributed by atoms with Gasteiger partial charge in [0.1, 0.15) is 5.70 Å². The van der Waals surface area contributed by atoms with Gasteiger partial charge in [0, 0.05) is 19.0 Å². The first-order chi connectivity index (χ1) is 9.74. The number of nitrogens with one attached hydrogen (secondary N) is 1. The van der Waals surface area contributed by atoms with Crippen LogP contribution in [0.15, 0.2) is 30.2 Å². The van der Waals surface area contributed by atoms with E-state index in [1.54, 1.807) is 23.4 Å². The van der Waals surface area contributed by atoms with Gasteiger partial charge in [0.15, 0.2) is 5.11 Å². The molecule has 0 aliphatic carbocycles. The molecular formula is C14H15N3O2S. The molecule has 20 heavy (non-hydrogen) atoms. The van der Waals surface area contributed by atoms with Crippen LogP contribution in [0.4, 0.5) is 0 Å². The zero-order valence-corrected chi connectivity index (χ0v) is 11.7. The fourth-order valence-electron chi connectivity index (χ4n) is 2.36. The van der Waals surface area contributed by atoms with Crippen LogP contribution in [-0.4, -0.2) is 40.2 Å². The Balaban J connectivity index is 1.74. The summed E-state index contributed by atoms with van der Waals surface area (Å²) in [6.07, 6.45) is 7.28. The van der Waals surface area contributed by atoms with E-state index in [1.165, 1.54) is 0 Å². The normalized spacial score (nSPS) is 24.5. The molecule has 5 nitrogen and oxygen atoms in total. The van der Waals surface area contributed by atoms with Crippen LogP contribution in [0.3, 0.4) is 0 Å². The minimum atomic E-state index is -0.102. The van der Waals surface area contributed by atoms with Gasteiger partial charge < -0.3 is 10.1 Å². The maximum atomic E-state index is 12.3. The Labute approximate surface area is 122 Å². The molecule has 3 rings (SSSR count). The van der Waals surface area contributed by atoms with E-state index in [0.717, 1.165) is 25.0 Å². The van der Waals surface area contributed by atoms with Gasteiger partial charge >= 0.3 is 0 Å². The summed E-state index contributed by atoms with van der Waals surface area (Å²) in [6.45, 7) is 1.29. The number of ether oxygens (including phenoxy) is 1. The average molecular weight is 289 g/mol. The summed E-state index contributed by atoms with van der Waals surface area (Å²) in [5.41, 5.74) is 1.35. The number of rotatable bonds is 3. The molecule has 1 amide bonds. The van der Waals surface area contributed by atoms with Crippen LogP contribution < -0.4 is 5.32 Å². The van der Waals surface area contributed by atoms with Crippen molar-refractivity contribution in [3.05, 3.63) is 35.8 Å². The maximum Gasteiger partial charge on any atom is 0.276 e. The number of amides is 1. The molecule has 6 heteroatoms. The lowest BCUT2D eigenvalue weighted by Gasteiger charge is -2.18. The van der Waals surface area contributed by atoms with Crippen molar-refractivity contribution in [2.45, 2.75) is 18.9 Å². The van der Waals surface area contributed by atoms with Gasteiger partial charge in [-0.2, -0.15) is 0 Å². The van der Waals surface area contributed by atoms with Crippen LogP contribution in [-0.2, 0) is 9.53 Å². The van der Waals surface area contributed by atoms with Crippen LogP contribution in [0.2, 0.25) is 0 Å². The summed E-state index contributed by atoms with van der Waals surface area (Å²) in [5, 5.41) is 3.41. The highest BCUT2D eigenvalue weighted by molar-refractivity contribution is 7.80. The Morgan fingerprint density at radius 3 is 3.20 bits per heavy atom. The molecule has 104 valence electrons. The molecule has 3 heterocycles. The lowest BCUT2D eigenvalue weighted by atomic mass is 10.2. The van der Waals surface area contributed by atoms with Crippen LogP contribution >= 0.6 is 12.2 Å². The van der Waals surface area contributed by atoms with Crippen molar-refractivity contribution in [1.29, 1.82) is 0 Å². The number of hydrogen-bond acceptors (Lipinski definition) is 4. The molecule has 0 aromatic carbocycles. The molecule has 2 aliphatic rings. The maximum absolute atomic E-state index is 12.3. The van der Waals surface area contributed by atoms with Crippen LogP contribution in [0.25, 0.3) is 6.08 Å². The van der Waals surface area contributed by atoms with Crippen molar-refractivity contribution >= 4 is 29.3 Å². The Hall–Kier alpha value is -1.79. The first-order valence-corrected chi connectivity index (χ1v) is 7.01. The van der Waals surface area contributed by atoms with Crippen molar-refractivity contribution in [2.75, 3.05) is 13.2 Å². The molecule has 2 fully saturated rings. The number of hydrogen-bond donors (Lipinski definition) is 1. The first-order valence-electron chi connectivity index (χ1n) is 6.60. The molecular weight excluding hydrogens is 274 g/mol. The summed E-state index contributed by atoms with van der Waals surface area (Å²) in [4.78, 5) is 17.9. The van der Waals surface area contributed by atoms with Gasteiger partial charge in [0.05, 0.1) is 12.6 Å². The van der Waals surface area contributed by atoms with Gasteiger partial charge in [-0.05, 0) is 42.8 Å². The third kappa shape index (κ3) is 2.71. The van der Waals surface area contributed by atoms with Crippen molar-refractivity contribution in [3.63, 3.8) is 0 Å². The summed E-state index contributed by atoms with van der Waals surface area (Å²) in [6, 6.07) is 3.72. The summed E-state index contributed by atoms with van der Waals surface area (Å²) in [7, 11) is 0. The third-order valence-electron chi connectivity index (χ3n) is 3.37. The summed E-state index contributed by atoms with van der Waals surface area (Å²) in [5.74, 6) is -0.102. The predicted octanol–water partition coefficient (Wildman–Crippen LogP) is 1.32. The number of carbonyl (C=O) groups is 1. The van der Waals surface area contributed by atoms with E-state index in [2.05, 4.69) is 10.3 Å². The number of pyridine rings is 1. The van der Waals surface area contributed by atoms with Gasteiger partial charge in [0.2, 0.25) is 0 Å². The second kappa shape index (κ2) is 5.68. The predicted molar refractivity (Wildman–Crippen MR) is 78.6 cm³/mol. The Morgan fingerprint density at radius 2 is 2.50 bits per heavy atom. The van der Waals surface area contributed by atoms with Crippen molar-refractivity contribution in [1.82, 2.24) is 15.2 Å². The minimum absolute atomic E-state index is 0.0939. The van der Waals surface area contributed by atoms with E-state index in [0.29, 0.717) is 17.4 Å². The van der Waals surface area contributed by atoms with E-state index in [9.17, 15) is 4.79 Å². The quantitative estimate of drug-likeness (QED) is 0.672. The van der Waals surface area contributed by atoms with E-state index in [4.69, 9.17) is 17.0 Å². The minimum Gasteiger partial charge on any atom is -0.376 e. The molecule has 1 atom stereocenters. The van der Waals surface area contributed by atoms with Gasteiger partial charge in [-0.1, -0.05) is 6.07 Å². The molecule has 0 radical (unpaired) electrons. The average Bonchev–Trinajstić information content (AvgIpc) is 3.05. The fraction of sp³-hybridized carbons (Fsp3) is 0.357. The largest absolute Gasteiger partial charge is 0.376 e. The van der Waals surface area contributed by atoms with Gasteiger partial charge in [-0.15, -0.1) is 0 Å². The number of thiocarbonyl (C=S) groups is 1. The van der Waals surface area contributed by atoms with Crippen LogP contribution in [0.1, 0.15) is 18.4 Å². The molecule has 0 bridgehead atoms. The third-order valence-corrected chi connectivity index (χ3v) is 3.69. The lowest BCUT2D eigenvalue weighted by molar-refractivity contribution is -0.123. The van der Waals surface area contributed by atoms with Crippen molar-refractivity contribution in [2.24, 2.45) is 0 Å². The van der Waals surface area contributed by atoms with E-state index < -0.39 is 0 Å². The van der Waals surface area contributed by atoms with E-state index in [1.807, 2.05) is 12.1 Å². The molecule has 0 saturated carbocycles. The Morgan fingerprint density at radius 1 is 1.60 bits per heavy atom. The molecule has 0 spiro atoms. The van der Waals surface area contributed by atoms with Crippen LogP contribution in [0.5, 0.6) is 0 Å². The molecule has 1 aromatic rings. The molecule has 1 N–H and O–H groups in total. The molecule has 0 unspecified atom stereocenters. The van der Waals surface area contributed by atoms with Gasteiger partial charge in [0.25, 0.3) is 5.91 Å². The monoisotopic (exact) mass is 289 g/mol. The number of aromatic nitrogens is 1. The number of nitrogens with zero attached hydrogens (tertiary/aromatic N) is 2. The van der Waals surface area contributed by atoms with Crippen molar-refractivity contribution < 1.29 is 9.53 Å². The van der Waals surface area contributed by atoms with Gasteiger partial charge in [-0.25, -0.2) is 0 Å². The standard InChI is InChI=1S/C14H15N3O2S/c18-13-12(7-10-3-1-5-15-8-10)16-14(20)17(13)9-11-4-2-6-19-11/h1,3,5,7-8,11H,2,4,6,9H2,(H,16,20)/b12-7-/t11-/m1/s1. The zero-order valence-electron chi connectivity index (χ0n) is 10.9. The highest BCUT2D eigenvalue weighted by atomic mass is 32.1. The summed E-state index contributed by atoms with van der Waals surface area (Å²) >= 11 is 5.23. The lowest BCUT2D eigenvalue weighted by Crippen LogP contribution is -2.37. The van der Waals surface area contributed by atoms with Gasteiger partial charge in [-0.3, -0.25) is 14.7 Å².